The third-order valence-corrected chi connectivity index (χ3v) is 3.12. The molecule has 1 N–H and O–H groups in total. The summed E-state index contributed by atoms with van der Waals surface area (Å²) in [6, 6.07) is 9.86. The van der Waals surface area contributed by atoms with Gasteiger partial charge in [-0.3, -0.25) is 0 Å². The lowest BCUT2D eigenvalue weighted by molar-refractivity contribution is -0.154. The normalized spacial score (nSPS) is 22.8. The van der Waals surface area contributed by atoms with Crippen LogP contribution >= 0.6 is 12.2 Å². The van der Waals surface area contributed by atoms with Crippen molar-refractivity contribution < 1.29 is 9.53 Å². The molecule has 0 amide bonds. The van der Waals surface area contributed by atoms with Crippen LogP contribution in [0.1, 0.15) is 19.4 Å². The van der Waals surface area contributed by atoms with E-state index in [4.69, 9.17) is 17.0 Å². The van der Waals surface area contributed by atoms with Gasteiger partial charge in [0.2, 0.25) is 0 Å². The van der Waals surface area contributed by atoms with E-state index in [2.05, 4.69) is 5.32 Å². The fraction of sp³-hybridized carbons (Fsp3) is 0.385. The van der Waals surface area contributed by atoms with Crippen LogP contribution in [0, 0.1) is 0 Å². The molecule has 0 bridgehead atoms. The second-order valence-corrected chi connectivity index (χ2v) is 5.14. The molecule has 1 heterocycles. The van der Waals surface area contributed by atoms with Gasteiger partial charge in [0.15, 0.2) is 6.10 Å². The molecule has 1 saturated heterocycles. The minimum atomic E-state index is -0.718. The number of benzene rings is 1. The van der Waals surface area contributed by atoms with Crippen molar-refractivity contribution in [2.75, 3.05) is 0 Å². The van der Waals surface area contributed by atoms with Gasteiger partial charge in [-0.2, -0.15) is 0 Å². The number of esters is 1. The first-order chi connectivity index (χ1) is 7.99. The Balaban J connectivity index is 2.09. The lowest BCUT2D eigenvalue weighted by atomic mass is 10.0. The summed E-state index contributed by atoms with van der Waals surface area (Å²) in [4.78, 5) is 12.3. The fourth-order valence-corrected chi connectivity index (χ4v) is 2.12. The number of hydrogen-bond donors (Lipinski definition) is 1. The van der Waals surface area contributed by atoms with Crippen molar-refractivity contribution in [1.82, 2.24) is 5.32 Å². The highest BCUT2D eigenvalue weighted by Gasteiger charge is 2.39. The van der Waals surface area contributed by atoms with Crippen molar-refractivity contribution >= 4 is 23.2 Å². The maximum Gasteiger partial charge on any atom is 0.331 e. The van der Waals surface area contributed by atoms with Crippen LogP contribution in [0.5, 0.6) is 0 Å². The lowest BCUT2D eigenvalue weighted by Gasteiger charge is -2.35. The number of carbonyl (C=O) groups excluding carboxylic acids is 1. The van der Waals surface area contributed by atoms with Gasteiger partial charge in [-0.25, -0.2) is 4.79 Å². The maximum absolute atomic E-state index is 11.7. The van der Waals surface area contributed by atoms with Crippen molar-refractivity contribution in [3.8, 4) is 0 Å². The summed E-state index contributed by atoms with van der Waals surface area (Å²) in [6.07, 6.45) is 0.266. The number of nitrogens with one attached hydrogen (secondary N) is 1. The molecule has 0 spiro atoms. The molecule has 1 aliphatic heterocycles. The van der Waals surface area contributed by atoms with Crippen molar-refractivity contribution in [2.45, 2.75) is 31.9 Å². The number of rotatable bonds is 2. The summed E-state index contributed by atoms with van der Waals surface area (Å²) in [6.45, 7) is 3.53. The lowest BCUT2D eigenvalue weighted by Crippen LogP contribution is -2.60. The average Bonchev–Trinajstić information content (AvgIpc) is 2.27. The molecular weight excluding hydrogens is 234 g/mol. The van der Waals surface area contributed by atoms with E-state index in [9.17, 15) is 4.79 Å². The molecular formula is C13H15NO2S. The third-order valence-electron chi connectivity index (χ3n) is 2.75. The molecule has 1 aromatic carbocycles. The van der Waals surface area contributed by atoms with Gasteiger partial charge >= 0.3 is 5.97 Å². The SMILES string of the molecule is CC1(C)NC(=S)C(Cc2ccccc2)OC1=O. The quantitative estimate of drug-likeness (QED) is 0.641. The van der Waals surface area contributed by atoms with Gasteiger partial charge in [0.25, 0.3) is 0 Å². The van der Waals surface area contributed by atoms with Crippen LogP contribution < -0.4 is 5.32 Å². The van der Waals surface area contributed by atoms with Gasteiger partial charge in [-0.1, -0.05) is 42.5 Å². The molecule has 4 heteroatoms. The number of morpholine rings is 1. The zero-order valence-corrected chi connectivity index (χ0v) is 10.7. The fourth-order valence-electron chi connectivity index (χ4n) is 1.73. The van der Waals surface area contributed by atoms with Crippen LogP contribution in [-0.2, 0) is 16.0 Å². The van der Waals surface area contributed by atoms with E-state index >= 15 is 0 Å². The van der Waals surface area contributed by atoms with Crippen molar-refractivity contribution in [2.24, 2.45) is 0 Å². The van der Waals surface area contributed by atoms with Crippen molar-refractivity contribution in [1.29, 1.82) is 0 Å². The van der Waals surface area contributed by atoms with E-state index in [-0.39, 0.29) is 12.1 Å². The molecule has 1 aliphatic rings. The van der Waals surface area contributed by atoms with Gasteiger partial charge in [0.1, 0.15) is 10.5 Å². The standard InChI is InChI=1S/C13H15NO2S/c1-13(2)12(15)16-10(11(17)14-13)8-9-6-4-3-5-7-9/h3-7,10H,8H2,1-2H3,(H,14,17). The Hall–Kier alpha value is -1.42. The van der Waals surface area contributed by atoms with Crippen molar-refractivity contribution in [3.63, 3.8) is 0 Å². The zero-order valence-electron chi connectivity index (χ0n) is 9.90. The van der Waals surface area contributed by atoms with E-state index in [1.54, 1.807) is 13.8 Å². The summed E-state index contributed by atoms with van der Waals surface area (Å²) in [5.74, 6) is -0.257. The smallest absolute Gasteiger partial charge is 0.331 e. The number of carbonyl (C=O) groups is 1. The predicted molar refractivity (Wildman–Crippen MR) is 69.8 cm³/mol. The van der Waals surface area contributed by atoms with Gasteiger partial charge in [-0.15, -0.1) is 0 Å². The average molecular weight is 249 g/mol. The molecule has 2 rings (SSSR count). The topological polar surface area (TPSA) is 38.3 Å². The number of hydrogen-bond acceptors (Lipinski definition) is 3. The second kappa shape index (κ2) is 4.45. The Bertz CT molecular complexity index is 442. The molecule has 0 aromatic heterocycles. The molecule has 17 heavy (non-hydrogen) atoms. The minimum Gasteiger partial charge on any atom is -0.453 e. The van der Waals surface area contributed by atoms with E-state index in [1.165, 1.54) is 0 Å². The summed E-state index contributed by atoms with van der Waals surface area (Å²) >= 11 is 5.24. The minimum absolute atomic E-state index is 0.257. The number of thiocarbonyl (C=S) groups is 1. The first-order valence-electron chi connectivity index (χ1n) is 5.56. The Morgan fingerprint density at radius 1 is 1.35 bits per heavy atom. The van der Waals surface area contributed by atoms with Gasteiger partial charge in [0, 0.05) is 6.42 Å². The predicted octanol–water partition coefficient (Wildman–Crippen LogP) is 1.85. The van der Waals surface area contributed by atoms with E-state index in [1.807, 2.05) is 30.3 Å². The van der Waals surface area contributed by atoms with Gasteiger partial charge in [0.05, 0.1) is 0 Å². The first-order valence-corrected chi connectivity index (χ1v) is 5.97. The highest BCUT2D eigenvalue weighted by atomic mass is 32.1. The van der Waals surface area contributed by atoms with Crippen molar-refractivity contribution in [3.05, 3.63) is 35.9 Å². The second-order valence-electron chi connectivity index (χ2n) is 4.70. The van der Waals surface area contributed by atoms with E-state index in [0.29, 0.717) is 11.4 Å². The zero-order chi connectivity index (χ0) is 12.5. The maximum atomic E-state index is 11.7. The Morgan fingerprint density at radius 3 is 2.65 bits per heavy atom. The summed E-state index contributed by atoms with van der Waals surface area (Å²) in [5.41, 5.74) is 0.388. The van der Waals surface area contributed by atoms with Crippen LogP contribution in [-0.4, -0.2) is 22.6 Å². The molecule has 1 atom stereocenters. The van der Waals surface area contributed by atoms with Crippen LogP contribution in [0.3, 0.4) is 0 Å². The Kier molecular flexibility index (Phi) is 3.15. The van der Waals surface area contributed by atoms with Crippen LogP contribution in [0.25, 0.3) is 0 Å². The van der Waals surface area contributed by atoms with Crippen LogP contribution in [0.2, 0.25) is 0 Å². The molecule has 1 unspecified atom stereocenters. The molecule has 1 aromatic rings. The summed E-state index contributed by atoms with van der Waals surface area (Å²) < 4.78 is 5.38. The molecule has 1 fully saturated rings. The Morgan fingerprint density at radius 2 is 2.00 bits per heavy atom. The Labute approximate surface area is 106 Å². The summed E-state index contributed by atoms with van der Waals surface area (Å²) in [7, 11) is 0. The number of ether oxygens (including phenoxy) is 1. The molecule has 0 saturated carbocycles. The summed E-state index contributed by atoms with van der Waals surface area (Å²) in [5, 5.41) is 3.03. The van der Waals surface area contributed by atoms with Crippen LogP contribution in [0.4, 0.5) is 0 Å². The highest BCUT2D eigenvalue weighted by Crippen LogP contribution is 2.18. The highest BCUT2D eigenvalue weighted by molar-refractivity contribution is 7.80. The van der Waals surface area contributed by atoms with Gasteiger partial charge in [-0.05, 0) is 19.4 Å². The number of cyclic esters (lactones) is 1. The van der Waals surface area contributed by atoms with Crippen LogP contribution in [0.15, 0.2) is 30.3 Å². The molecule has 90 valence electrons. The molecule has 3 nitrogen and oxygen atoms in total. The third kappa shape index (κ3) is 2.64. The van der Waals surface area contributed by atoms with E-state index < -0.39 is 5.54 Å². The molecule has 0 aliphatic carbocycles. The van der Waals surface area contributed by atoms with Gasteiger partial charge < -0.3 is 10.1 Å². The largest absolute Gasteiger partial charge is 0.453 e. The molecule has 0 radical (unpaired) electrons. The van der Waals surface area contributed by atoms with E-state index in [0.717, 1.165) is 5.56 Å². The monoisotopic (exact) mass is 249 g/mol. The first kappa shape index (κ1) is 12.0.